The Bertz CT molecular complexity index is 468. The van der Waals surface area contributed by atoms with E-state index in [4.69, 9.17) is 11.6 Å². The van der Waals surface area contributed by atoms with Crippen LogP contribution in [-0.2, 0) is 4.79 Å². The number of hydrogen-bond acceptors (Lipinski definition) is 3. The van der Waals surface area contributed by atoms with Gasteiger partial charge in [-0.1, -0.05) is 23.7 Å². The molecular formula is C16H23ClN2O2. The molecule has 1 aliphatic heterocycles. The van der Waals surface area contributed by atoms with Crippen LogP contribution < -0.4 is 0 Å². The molecule has 1 amide bonds. The van der Waals surface area contributed by atoms with Crippen molar-refractivity contribution < 1.29 is 9.90 Å². The maximum Gasteiger partial charge on any atom is 0.225 e. The molecular weight excluding hydrogens is 288 g/mol. The van der Waals surface area contributed by atoms with Gasteiger partial charge in [-0.25, -0.2) is 0 Å². The minimum Gasteiger partial charge on any atom is -0.388 e. The lowest BCUT2D eigenvalue weighted by atomic mass is 10.0. The number of rotatable bonds is 4. The number of carbonyl (C=O) groups excluding carboxylic acids is 1. The molecule has 1 aromatic carbocycles. The first-order chi connectivity index (χ1) is 9.97. The van der Waals surface area contributed by atoms with Crippen molar-refractivity contribution in [1.82, 2.24) is 9.80 Å². The smallest absolute Gasteiger partial charge is 0.225 e. The molecule has 1 aromatic rings. The maximum absolute atomic E-state index is 12.3. The van der Waals surface area contributed by atoms with Gasteiger partial charge in [0.15, 0.2) is 0 Å². The molecule has 1 saturated heterocycles. The van der Waals surface area contributed by atoms with Gasteiger partial charge >= 0.3 is 0 Å². The Morgan fingerprint density at radius 2 is 1.90 bits per heavy atom. The number of aliphatic hydroxyl groups is 1. The van der Waals surface area contributed by atoms with Crippen LogP contribution in [0.15, 0.2) is 24.3 Å². The molecule has 1 atom stereocenters. The molecule has 1 heterocycles. The third-order valence-corrected chi connectivity index (χ3v) is 4.42. The Hall–Kier alpha value is -1.10. The molecule has 0 spiro atoms. The van der Waals surface area contributed by atoms with Gasteiger partial charge < -0.3 is 14.9 Å². The van der Waals surface area contributed by atoms with E-state index in [1.54, 1.807) is 24.3 Å². The second-order valence-corrected chi connectivity index (χ2v) is 6.28. The van der Waals surface area contributed by atoms with Gasteiger partial charge in [-0.3, -0.25) is 4.79 Å². The largest absolute Gasteiger partial charge is 0.388 e. The van der Waals surface area contributed by atoms with Gasteiger partial charge in [0.2, 0.25) is 5.91 Å². The molecule has 0 aromatic heterocycles. The van der Waals surface area contributed by atoms with E-state index in [9.17, 15) is 9.90 Å². The van der Waals surface area contributed by atoms with Crippen molar-refractivity contribution in [3.63, 3.8) is 0 Å². The summed E-state index contributed by atoms with van der Waals surface area (Å²) in [4.78, 5) is 16.3. The number of likely N-dealkylation sites (tertiary alicyclic amines) is 1. The lowest BCUT2D eigenvalue weighted by Crippen LogP contribution is -2.44. The van der Waals surface area contributed by atoms with Crippen molar-refractivity contribution in [2.75, 3.05) is 27.2 Å². The number of nitrogens with zero attached hydrogens (tertiary/aromatic N) is 2. The minimum atomic E-state index is -0.763. The molecule has 21 heavy (non-hydrogen) atoms. The molecule has 1 fully saturated rings. The predicted molar refractivity (Wildman–Crippen MR) is 84.3 cm³/mol. The number of halogens is 1. The highest BCUT2D eigenvalue weighted by atomic mass is 35.5. The molecule has 0 radical (unpaired) electrons. The summed E-state index contributed by atoms with van der Waals surface area (Å²) in [6, 6.07) is 7.53. The van der Waals surface area contributed by atoms with Gasteiger partial charge in [-0.15, -0.1) is 0 Å². The van der Waals surface area contributed by atoms with E-state index in [1.807, 2.05) is 4.90 Å². The van der Waals surface area contributed by atoms with E-state index in [1.165, 1.54) is 0 Å². The first-order valence-electron chi connectivity index (χ1n) is 7.35. The van der Waals surface area contributed by atoms with Crippen LogP contribution in [0.25, 0.3) is 0 Å². The van der Waals surface area contributed by atoms with Crippen molar-refractivity contribution in [2.45, 2.75) is 31.4 Å². The first kappa shape index (κ1) is 16.3. The van der Waals surface area contributed by atoms with Crippen LogP contribution >= 0.6 is 11.6 Å². The van der Waals surface area contributed by atoms with Crippen LogP contribution in [0.1, 0.15) is 30.9 Å². The average Bonchev–Trinajstić information content (AvgIpc) is 2.47. The number of amides is 1. The minimum absolute atomic E-state index is 0.0228. The SMILES string of the molecule is CN(C)C1CCN(C(=O)CC(O)c2ccc(Cl)cc2)CC1. The summed E-state index contributed by atoms with van der Waals surface area (Å²) < 4.78 is 0. The molecule has 1 aliphatic rings. The summed E-state index contributed by atoms with van der Waals surface area (Å²) >= 11 is 5.82. The average molecular weight is 311 g/mol. The molecule has 4 nitrogen and oxygen atoms in total. The van der Waals surface area contributed by atoms with Crippen LogP contribution in [-0.4, -0.2) is 54.0 Å². The lowest BCUT2D eigenvalue weighted by Gasteiger charge is -2.35. The number of carbonyl (C=O) groups is 1. The van der Waals surface area contributed by atoms with Crippen molar-refractivity contribution in [3.05, 3.63) is 34.9 Å². The Balaban J connectivity index is 1.86. The zero-order chi connectivity index (χ0) is 15.4. The number of aliphatic hydroxyl groups excluding tert-OH is 1. The third-order valence-electron chi connectivity index (χ3n) is 4.17. The molecule has 0 bridgehead atoms. The predicted octanol–water partition coefficient (Wildman–Crippen LogP) is 2.32. The van der Waals surface area contributed by atoms with Crippen molar-refractivity contribution in [3.8, 4) is 0 Å². The molecule has 2 rings (SSSR count). The topological polar surface area (TPSA) is 43.8 Å². The van der Waals surface area contributed by atoms with E-state index >= 15 is 0 Å². The molecule has 0 saturated carbocycles. The normalized spacial score (nSPS) is 18.0. The highest BCUT2D eigenvalue weighted by Gasteiger charge is 2.25. The zero-order valence-corrected chi connectivity index (χ0v) is 13.4. The Kier molecular flexibility index (Phi) is 5.62. The molecule has 1 N–H and O–H groups in total. The quantitative estimate of drug-likeness (QED) is 0.928. The van der Waals surface area contributed by atoms with Gasteiger partial charge in [0.25, 0.3) is 0 Å². The van der Waals surface area contributed by atoms with E-state index in [-0.39, 0.29) is 12.3 Å². The molecule has 116 valence electrons. The lowest BCUT2D eigenvalue weighted by molar-refractivity contribution is -0.134. The number of piperidine rings is 1. The van der Waals surface area contributed by atoms with E-state index in [2.05, 4.69) is 19.0 Å². The highest BCUT2D eigenvalue weighted by Crippen LogP contribution is 2.22. The second-order valence-electron chi connectivity index (χ2n) is 5.85. The first-order valence-corrected chi connectivity index (χ1v) is 7.73. The van der Waals surface area contributed by atoms with Crippen LogP contribution in [0.2, 0.25) is 5.02 Å². The van der Waals surface area contributed by atoms with Crippen LogP contribution in [0.3, 0.4) is 0 Å². The Labute approximate surface area is 131 Å². The monoisotopic (exact) mass is 310 g/mol. The molecule has 1 unspecified atom stereocenters. The maximum atomic E-state index is 12.3. The zero-order valence-electron chi connectivity index (χ0n) is 12.6. The fourth-order valence-corrected chi connectivity index (χ4v) is 2.85. The van der Waals surface area contributed by atoms with Crippen molar-refractivity contribution in [1.29, 1.82) is 0 Å². The summed E-state index contributed by atoms with van der Waals surface area (Å²) in [5.74, 6) is 0.0228. The fraction of sp³-hybridized carbons (Fsp3) is 0.562. The summed E-state index contributed by atoms with van der Waals surface area (Å²) in [5.41, 5.74) is 0.732. The van der Waals surface area contributed by atoms with Gasteiger partial charge in [0.05, 0.1) is 12.5 Å². The summed E-state index contributed by atoms with van der Waals surface area (Å²) in [5, 5.41) is 10.8. The van der Waals surface area contributed by atoms with Gasteiger partial charge in [-0.2, -0.15) is 0 Å². The van der Waals surface area contributed by atoms with Crippen LogP contribution in [0.5, 0.6) is 0 Å². The van der Waals surface area contributed by atoms with Gasteiger partial charge in [0.1, 0.15) is 0 Å². The molecule has 0 aliphatic carbocycles. The van der Waals surface area contributed by atoms with Gasteiger partial charge in [-0.05, 0) is 44.6 Å². The van der Waals surface area contributed by atoms with Crippen molar-refractivity contribution in [2.24, 2.45) is 0 Å². The van der Waals surface area contributed by atoms with Crippen LogP contribution in [0, 0.1) is 0 Å². The van der Waals surface area contributed by atoms with E-state index in [0.717, 1.165) is 31.5 Å². The summed E-state index contributed by atoms with van der Waals surface area (Å²) in [6.07, 6.45) is 1.36. The Morgan fingerprint density at radius 3 is 2.43 bits per heavy atom. The standard InChI is InChI=1S/C16H23ClN2O2/c1-18(2)14-7-9-19(10-8-14)16(21)11-15(20)12-3-5-13(17)6-4-12/h3-6,14-15,20H,7-11H2,1-2H3. The molecule has 5 heteroatoms. The highest BCUT2D eigenvalue weighted by molar-refractivity contribution is 6.30. The fourth-order valence-electron chi connectivity index (χ4n) is 2.73. The van der Waals surface area contributed by atoms with Crippen molar-refractivity contribution >= 4 is 17.5 Å². The number of hydrogen-bond donors (Lipinski definition) is 1. The van der Waals surface area contributed by atoms with Crippen LogP contribution in [0.4, 0.5) is 0 Å². The Morgan fingerprint density at radius 1 is 1.33 bits per heavy atom. The third kappa shape index (κ3) is 4.43. The number of benzene rings is 1. The summed E-state index contributed by atoms with van der Waals surface area (Å²) in [7, 11) is 4.15. The second kappa shape index (κ2) is 7.25. The van der Waals surface area contributed by atoms with Gasteiger partial charge in [0, 0.05) is 24.2 Å². The summed E-state index contributed by atoms with van der Waals surface area (Å²) in [6.45, 7) is 1.55. The van der Waals surface area contributed by atoms with E-state index < -0.39 is 6.10 Å². The van der Waals surface area contributed by atoms with E-state index in [0.29, 0.717) is 11.1 Å².